The summed E-state index contributed by atoms with van der Waals surface area (Å²) in [6, 6.07) is 10.6. The maximum atomic E-state index is 12.8. The number of nitrogens with zero attached hydrogens (tertiary/aromatic N) is 3. The predicted octanol–water partition coefficient (Wildman–Crippen LogP) is 1.68. The van der Waals surface area contributed by atoms with Crippen LogP contribution in [0.3, 0.4) is 0 Å². The molecule has 0 spiro atoms. The SMILES string of the molecule is COc1ccc(C)cc1S(=O)(=O)N(C)CC(=O)NN=Cc1ccccc1[N+](=O)[O-]. The van der Waals surface area contributed by atoms with E-state index in [0.29, 0.717) is 0 Å². The van der Waals surface area contributed by atoms with E-state index in [2.05, 4.69) is 10.5 Å². The fourth-order valence-corrected chi connectivity index (χ4v) is 3.78. The Morgan fingerprint density at radius 3 is 2.66 bits per heavy atom. The number of carbonyl (C=O) groups is 1. The van der Waals surface area contributed by atoms with Gasteiger partial charge in [-0.2, -0.15) is 9.41 Å². The Morgan fingerprint density at radius 1 is 1.31 bits per heavy atom. The Balaban J connectivity index is 2.09. The van der Waals surface area contributed by atoms with Crippen LogP contribution in [0.25, 0.3) is 0 Å². The molecule has 154 valence electrons. The number of carbonyl (C=O) groups excluding carboxylic acids is 1. The highest BCUT2D eigenvalue weighted by molar-refractivity contribution is 7.89. The molecule has 0 saturated heterocycles. The fourth-order valence-electron chi connectivity index (χ4n) is 2.41. The van der Waals surface area contributed by atoms with E-state index in [4.69, 9.17) is 4.74 Å². The molecule has 0 unspecified atom stereocenters. The van der Waals surface area contributed by atoms with Crippen LogP contribution in [-0.2, 0) is 14.8 Å². The number of para-hydroxylation sites is 1. The lowest BCUT2D eigenvalue weighted by Crippen LogP contribution is -2.36. The van der Waals surface area contributed by atoms with Gasteiger partial charge >= 0.3 is 0 Å². The standard InChI is InChI=1S/C18H20N4O6S/c1-13-8-9-16(28-3)17(10-13)29(26,27)21(2)12-18(23)20-19-11-14-6-4-5-7-15(14)22(24)25/h4-11H,12H2,1-3H3,(H,20,23). The fraction of sp³-hybridized carbons (Fsp3) is 0.222. The van der Waals surface area contributed by atoms with Crippen LogP contribution in [0.2, 0.25) is 0 Å². The normalized spacial score (nSPS) is 11.6. The van der Waals surface area contributed by atoms with Crippen molar-refractivity contribution in [3.05, 3.63) is 63.7 Å². The lowest BCUT2D eigenvalue weighted by Gasteiger charge is -2.18. The summed E-state index contributed by atoms with van der Waals surface area (Å²) in [5, 5.41) is 14.6. The number of benzene rings is 2. The number of likely N-dealkylation sites (N-methyl/N-ethyl adjacent to an activating group) is 1. The molecule has 2 rings (SSSR count). The van der Waals surface area contributed by atoms with Gasteiger partial charge in [-0.25, -0.2) is 13.8 Å². The highest BCUT2D eigenvalue weighted by Crippen LogP contribution is 2.27. The molecule has 0 heterocycles. The van der Waals surface area contributed by atoms with E-state index in [1.54, 1.807) is 19.1 Å². The molecule has 0 radical (unpaired) electrons. The van der Waals surface area contributed by atoms with Crippen molar-refractivity contribution in [2.45, 2.75) is 11.8 Å². The molecule has 2 aromatic carbocycles. The highest BCUT2D eigenvalue weighted by atomic mass is 32.2. The second-order valence-electron chi connectivity index (χ2n) is 6.02. The van der Waals surface area contributed by atoms with Gasteiger partial charge in [0.05, 0.1) is 30.4 Å². The van der Waals surface area contributed by atoms with Crippen LogP contribution < -0.4 is 10.2 Å². The number of nitrogens with one attached hydrogen (secondary N) is 1. The van der Waals surface area contributed by atoms with Crippen LogP contribution in [-0.4, -0.2) is 50.5 Å². The largest absolute Gasteiger partial charge is 0.495 e. The van der Waals surface area contributed by atoms with E-state index >= 15 is 0 Å². The van der Waals surface area contributed by atoms with E-state index in [9.17, 15) is 23.3 Å². The number of hydrazone groups is 1. The van der Waals surface area contributed by atoms with Crippen LogP contribution in [0.4, 0.5) is 5.69 Å². The number of rotatable bonds is 8. The molecule has 0 aliphatic carbocycles. The minimum atomic E-state index is -3.99. The number of amides is 1. The summed E-state index contributed by atoms with van der Waals surface area (Å²) in [6.45, 7) is 1.23. The Bertz CT molecular complexity index is 1050. The van der Waals surface area contributed by atoms with Crippen LogP contribution in [0, 0.1) is 17.0 Å². The number of hydrogen-bond donors (Lipinski definition) is 1. The molecule has 0 aliphatic rings. The second kappa shape index (κ2) is 9.26. The molecule has 0 bridgehead atoms. The van der Waals surface area contributed by atoms with Crippen molar-refractivity contribution in [2.24, 2.45) is 5.10 Å². The lowest BCUT2D eigenvalue weighted by atomic mass is 10.2. The van der Waals surface area contributed by atoms with Crippen molar-refractivity contribution in [3.8, 4) is 5.75 Å². The minimum Gasteiger partial charge on any atom is -0.495 e. The van der Waals surface area contributed by atoms with Gasteiger partial charge in [-0.1, -0.05) is 18.2 Å². The molecule has 1 amide bonds. The van der Waals surface area contributed by atoms with Gasteiger partial charge in [0.15, 0.2) is 0 Å². The van der Waals surface area contributed by atoms with Gasteiger partial charge in [0.2, 0.25) is 10.0 Å². The van der Waals surface area contributed by atoms with Crippen LogP contribution in [0.15, 0.2) is 52.5 Å². The van der Waals surface area contributed by atoms with Crippen molar-refractivity contribution in [3.63, 3.8) is 0 Å². The highest BCUT2D eigenvalue weighted by Gasteiger charge is 2.26. The van der Waals surface area contributed by atoms with Gasteiger partial charge in [0.25, 0.3) is 11.6 Å². The number of aryl methyl sites for hydroxylation is 1. The molecule has 29 heavy (non-hydrogen) atoms. The topological polar surface area (TPSA) is 131 Å². The predicted molar refractivity (Wildman–Crippen MR) is 106 cm³/mol. The van der Waals surface area contributed by atoms with Crippen molar-refractivity contribution >= 4 is 27.8 Å². The maximum Gasteiger partial charge on any atom is 0.278 e. The third-order valence-corrected chi connectivity index (χ3v) is 5.72. The van der Waals surface area contributed by atoms with Crippen LogP contribution in [0.5, 0.6) is 5.75 Å². The third kappa shape index (κ3) is 5.36. The van der Waals surface area contributed by atoms with Crippen LogP contribution >= 0.6 is 0 Å². The molecule has 11 heteroatoms. The molecule has 0 fully saturated rings. The summed E-state index contributed by atoms with van der Waals surface area (Å²) in [5.74, 6) is -0.546. The first kappa shape index (κ1) is 22.0. The van der Waals surface area contributed by atoms with Crippen molar-refractivity contribution in [1.29, 1.82) is 0 Å². The Kier molecular flexibility index (Phi) is 7.02. The monoisotopic (exact) mass is 420 g/mol. The van der Waals surface area contributed by atoms with E-state index < -0.39 is 27.4 Å². The zero-order chi connectivity index (χ0) is 21.6. The molecule has 2 aromatic rings. The second-order valence-corrected chi connectivity index (χ2v) is 8.04. The van der Waals surface area contributed by atoms with Gasteiger partial charge in [-0.3, -0.25) is 14.9 Å². The number of nitro benzene ring substituents is 1. The van der Waals surface area contributed by atoms with Crippen LogP contribution in [0.1, 0.15) is 11.1 Å². The molecular weight excluding hydrogens is 400 g/mol. The molecule has 0 saturated carbocycles. The zero-order valence-corrected chi connectivity index (χ0v) is 16.8. The lowest BCUT2D eigenvalue weighted by molar-refractivity contribution is -0.385. The van der Waals surface area contributed by atoms with Gasteiger partial charge in [-0.15, -0.1) is 0 Å². The average Bonchev–Trinajstić information content (AvgIpc) is 2.68. The Labute approximate surface area is 168 Å². The van der Waals surface area contributed by atoms with Crippen molar-refractivity contribution < 1.29 is 22.9 Å². The first-order chi connectivity index (χ1) is 13.7. The number of hydrogen-bond acceptors (Lipinski definition) is 7. The number of ether oxygens (including phenoxy) is 1. The first-order valence-corrected chi connectivity index (χ1v) is 9.77. The van der Waals surface area contributed by atoms with Gasteiger partial charge < -0.3 is 4.74 Å². The Hall–Kier alpha value is -3.31. The summed E-state index contributed by atoms with van der Waals surface area (Å²) in [7, 11) is -1.38. The summed E-state index contributed by atoms with van der Waals surface area (Å²) in [4.78, 5) is 22.4. The molecule has 1 N–H and O–H groups in total. The van der Waals surface area contributed by atoms with Gasteiger partial charge in [-0.05, 0) is 30.7 Å². The third-order valence-electron chi connectivity index (χ3n) is 3.90. The van der Waals surface area contributed by atoms with Gasteiger partial charge in [0.1, 0.15) is 10.6 Å². The van der Waals surface area contributed by atoms with Crippen molar-refractivity contribution in [2.75, 3.05) is 20.7 Å². The van der Waals surface area contributed by atoms with Gasteiger partial charge in [0, 0.05) is 13.1 Å². The summed E-state index contributed by atoms with van der Waals surface area (Å²) >= 11 is 0. The quantitative estimate of drug-likeness (QED) is 0.393. The number of sulfonamides is 1. The summed E-state index contributed by atoms with van der Waals surface area (Å²) < 4.78 is 31.5. The van der Waals surface area contributed by atoms with E-state index in [1.165, 1.54) is 44.5 Å². The van der Waals surface area contributed by atoms with E-state index in [-0.39, 0.29) is 21.9 Å². The van der Waals surface area contributed by atoms with E-state index in [1.807, 2.05) is 0 Å². The zero-order valence-electron chi connectivity index (χ0n) is 16.0. The average molecular weight is 420 g/mol. The number of nitro groups is 1. The maximum absolute atomic E-state index is 12.8. The summed E-state index contributed by atoms with van der Waals surface area (Å²) in [5.41, 5.74) is 2.91. The Morgan fingerprint density at radius 2 is 2.00 bits per heavy atom. The summed E-state index contributed by atoms with van der Waals surface area (Å²) in [6.07, 6.45) is 1.12. The molecule has 10 nitrogen and oxygen atoms in total. The molecular formula is C18H20N4O6S. The smallest absolute Gasteiger partial charge is 0.278 e. The molecule has 0 aliphatic heterocycles. The molecule has 0 atom stereocenters. The minimum absolute atomic E-state index is 0.0567. The van der Waals surface area contributed by atoms with E-state index in [0.717, 1.165) is 16.1 Å². The number of methoxy groups -OCH3 is 1. The molecule has 0 aromatic heterocycles. The first-order valence-electron chi connectivity index (χ1n) is 8.33. The van der Waals surface area contributed by atoms with Crippen molar-refractivity contribution in [1.82, 2.24) is 9.73 Å².